The molecule has 142 valence electrons. The van der Waals surface area contributed by atoms with Crippen molar-refractivity contribution in [1.82, 2.24) is 14.9 Å². The van der Waals surface area contributed by atoms with Crippen molar-refractivity contribution in [2.24, 2.45) is 0 Å². The third kappa shape index (κ3) is 3.71. The molecule has 2 aromatic heterocycles. The maximum atomic E-state index is 12.9. The Bertz CT molecular complexity index is 1010. The highest BCUT2D eigenvalue weighted by Gasteiger charge is 2.20. The molecule has 0 radical (unpaired) electrons. The van der Waals surface area contributed by atoms with Gasteiger partial charge in [-0.1, -0.05) is 43.0 Å². The molecular formula is C22H27N3OS. The minimum Gasteiger partial charge on any atom is -0.309 e. The van der Waals surface area contributed by atoms with Gasteiger partial charge in [-0.05, 0) is 44.9 Å². The molecule has 5 heteroatoms. The Hall–Kier alpha value is -1.98. The van der Waals surface area contributed by atoms with E-state index in [0.717, 1.165) is 27.2 Å². The number of aromatic nitrogens is 2. The van der Waals surface area contributed by atoms with E-state index in [1.807, 2.05) is 0 Å². The number of H-pyrrole nitrogens is 1. The van der Waals surface area contributed by atoms with Crippen LogP contribution in [-0.4, -0.2) is 28.0 Å². The van der Waals surface area contributed by atoms with Crippen molar-refractivity contribution in [2.45, 2.75) is 58.5 Å². The zero-order chi connectivity index (χ0) is 19.0. The maximum absolute atomic E-state index is 12.9. The van der Waals surface area contributed by atoms with E-state index in [9.17, 15) is 4.79 Å². The van der Waals surface area contributed by atoms with Gasteiger partial charge < -0.3 is 4.98 Å². The molecule has 1 aliphatic carbocycles. The summed E-state index contributed by atoms with van der Waals surface area (Å²) in [6.45, 7) is 4.89. The summed E-state index contributed by atoms with van der Waals surface area (Å²) < 4.78 is 0. The van der Waals surface area contributed by atoms with Crippen molar-refractivity contribution in [2.75, 3.05) is 7.05 Å². The summed E-state index contributed by atoms with van der Waals surface area (Å²) in [6, 6.07) is 6.97. The lowest BCUT2D eigenvalue weighted by Crippen LogP contribution is -2.34. The highest BCUT2D eigenvalue weighted by molar-refractivity contribution is 7.17. The molecule has 1 aliphatic rings. The summed E-state index contributed by atoms with van der Waals surface area (Å²) in [6.07, 6.45) is 6.46. The predicted molar refractivity (Wildman–Crippen MR) is 113 cm³/mol. The third-order valence-corrected chi connectivity index (χ3v) is 6.63. The van der Waals surface area contributed by atoms with Crippen molar-refractivity contribution in [3.8, 4) is 11.1 Å². The van der Waals surface area contributed by atoms with Crippen LogP contribution in [0.25, 0.3) is 21.3 Å². The lowest BCUT2D eigenvalue weighted by atomic mass is 9.94. The highest BCUT2D eigenvalue weighted by Crippen LogP contribution is 2.33. The van der Waals surface area contributed by atoms with Gasteiger partial charge in [0.15, 0.2) is 0 Å². The van der Waals surface area contributed by atoms with Gasteiger partial charge in [0, 0.05) is 17.0 Å². The fraction of sp³-hybridized carbons (Fsp3) is 0.455. The molecule has 1 aromatic carbocycles. The fourth-order valence-corrected chi connectivity index (χ4v) is 5.23. The third-order valence-electron chi connectivity index (χ3n) is 5.76. The number of aryl methyl sites for hydroxylation is 2. The van der Waals surface area contributed by atoms with Crippen molar-refractivity contribution >= 4 is 21.6 Å². The Balaban J connectivity index is 1.66. The molecule has 0 spiro atoms. The van der Waals surface area contributed by atoms with E-state index >= 15 is 0 Å². The molecule has 1 fully saturated rings. The SMILES string of the molecule is Cc1ccc(-c2csc3nc(CN(C)C4CCCCC4)[nH]c(=O)c23)c(C)c1. The van der Waals surface area contributed by atoms with Crippen molar-refractivity contribution in [1.29, 1.82) is 0 Å². The number of rotatable bonds is 4. The standard InChI is InChI=1S/C22H27N3OS/c1-14-9-10-17(15(2)11-14)18-13-27-22-20(18)21(26)23-19(24-22)12-25(3)16-7-5-4-6-8-16/h9-11,13,16H,4-8,12H2,1-3H3,(H,23,24,26). The molecule has 1 saturated carbocycles. The smallest absolute Gasteiger partial charge is 0.260 e. The largest absolute Gasteiger partial charge is 0.309 e. The first-order chi connectivity index (χ1) is 13.0. The predicted octanol–water partition coefficient (Wildman–Crippen LogP) is 5.03. The van der Waals surface area contributed by atoms with Crippen LogP contribution in [0.1, 0.15) is 49.1 Å². The molecule has 4 rings (SSSR count). The molecule has 0 unspecified atom stereocenters. The number of hydrogen-bond acceptors (Lipinski definition) is 4. The van der Waals surface area contributed by atoms with Crippen LogP contribution in [0, 0.1) is 13.8 Å². The van der Waals surface area contributed by atoms with E-state index in [-0.39, 0.29) is 5.56 Å². The van der Waals surface area contributed by atoms with Gasteiger partial charge in [-0.15, -0.1) is 11.3 Å². The molecule has 27 heavy (non-hydrogen) atoms. The number of benzene rings is 1. The van der Waals surface area contributed by atoms with E-state index in [1.165, 1.54) is 43.2 Å². The number of nitrogens with one attached hydrogen (secondary N) is 1. The highest BCUT2D eigenvalue weighted by atomic mass is 32.1. The number of hydrogen-bond donors (Lipinski definition) is 1. The van der Waals surface area contributed by atoms with Crippen LogP contribution in [0.4, 0.5) is 0 Å². The molecule has 0 aliphatic heterocycles. The number of fused-ring (bicyclic) bond motifs is 1. The average Bonchev–Trinajstić information content (AvgIpc) is 3.06. The topological polar surface area (TPSA) is 49.0 Å². The van der Waals surface area contributed by atoms with Gasteiger partial charge in [-0.25, -0.2) is 4.98 Å². The first-order valence-electron chi connectivity index (χ1n) is 9.81. The van der Waals surface area contributed by atoms with Crippen LogP contribution < -0.4 is 5.56 Å². The quantitative estimate of drug-likeness (QED) is 0.689. The molecule has 0 bridgehead atoms. The first-order valence-corrected chi connectivity index (χ1v) is 10.7. The van der Waals surface area contributed by atoms with Crippen molar-refractivity contribution in [3.05, 3.63) is 50.9 Å². The van der Waals surface area contributed by atoms with Crippen LogP contribution in [0.15, 0.2) is 28.4 Å². The minimum absolute atomic E-state index is 0.0248. The summed E-state index contributed by atoms with van der Waals surface area (Å²) in [4.78, 5) is 23.9. The Kier molecular flexibility index (Phi) is 5.15. The van der Waals surface area contributed by atoms with Crippen LogP contribution in [0.3, 0.4) is 0 Å². The van der Waals surface area contributed by atoms with Gasteiger partial charge in [-0.3, -0.25) is 9.69 Å². The van der Waals surface area contributed by atoms with Gasteiger partial charge in [0.2, 0.25) is 0 Å². The van der Waals surface area contributed by atoms with E-state index < -0.39 is 0 Å². The monoisotopic (exact) mass is 381 g/mol. The van der Waals surface area contributed by atoms with Crippen LogP contribution in [-0.2, 0) is 6.54 Å². The molecule has 4 nitrogen and oxygen atoms in total. The van der Waals surface area contributed by atoms with Crippen molar-refractivity contribution in [3.63, 3.8) is 0 Å². The minimum atomic E-state index is -0.0248. The summed E-state index contributed by atoms with van der Waals surface area (Å²) >= 11 is 1.56. The van der Waals surface area contributed by atoms with Gasteiger partial charge in [0.05, 0.1) is 11.9 Å². The van der Waals surface area contributed by atoms with E-state index in [2.05, 4.69) is 54.4 Å². The molecule has 3 aromatic rings. The Morgan fingerprint density at radius 1 is 1.19 bits per heavy atom. The average molecular weight is 382 g/mol. The molecule has 1 N–H and O–H groups in total. The second-order valence-electron chi connectivity index (χ2n) is 7.87. The summed E-state index contributed by atoms with van der Waals surface area (Å²) in [5, 5.41) is 2.79. The summed E-state index contributed by atoms with van der Waals surface area (Å²) in [5.41, 5.74) is 4.51. The van der Waals surface area contributed by atoms with Gasteiger partial charge in [0.1, 0.15) is 10.7 Å². The van der Waals surface area contributed by atoms with E-state index in [4.69, 9.17) is 4.98 Å². The van der Waals surface area contributed by atoms with E-state index in [0.29, 0.717) is 12.6 Å². The Labute approximate surface area is 164 Å². The zero-order valence-corrected chi connectivity index (χ0v) is 17.2. The lowest BCUT2D eigenvalue weighted by molar-refractivity contribution is 0.181. The second-order valence-corrected chi connectivity index (χ2v) is 8.73. The molecule has 0 amide bonds. The van der Waals surface area contributed by atoms with Crippen LogP contribution in [0.5, 0.6) is 0 Å². The lowest BCUT2D eigenvalue weighted by Gasteiger charge is -2.30. The summed E-state index contributed by atoms with van der Waals surface area (Å²) in [7, 11) is 2.15. The number of nitrogens with zero attached hydrogens (tertiary/aromatic N) is 2. The summed E-state index contributed by atoms with van der Waals surface area (Å²) in [5.74, 6) is 0.773. The Morgan fingerprint density at radius 2 is 1.96 bits per heavy atom. The first kappa shape index (κ1) is 18.4. The zero-order valence-electron chi connectivity index (χ0n) is 16.3. The Morgan fingerprint density at radius 3 is 2.70 bits per heavy atom. The molecule has 0 saturated heterocycles. The van der Waals surface area contributed by atoms with Gasteiger partial charge >= 0.3 is 0 Å². The van der Waals surface area contributed by atoms with Crippen LogP contribution >= 0.6 is 11.3 Å². The molecule has 2 heterocycles. The van der Waals surface area contributed by atoms with Crippen molar-refractivity contribution < 1.29 is 0 Å². The second kappa shape index (κ2) is 7.56. The van der Waals surface area contributed by atoms with Gasteiger partial charge in [-0.2, -0.15) is 0 Å². The van der Waals surface area contributed by atoms with Gasteiger partial charge in [0.25, 0.3) is 5.56 Å². The maximum Gasteiger partial charge on any atom is 0.260 e. The molecule has 0 atom stereocenters. The molecular weight excluding hydrogens is 354 g/mol. The normalized spacial score (nSPS) is 15.7. The fourth-order valence-electron chi connectivity index (χ4n) is 4.27. The number of thiophene rings is 1. The van der Waals surface area contributed by atoms with E-state index in [1.54, 1.807) is 11.3 Å². The van der Waals surface area contributed by atoms with Crippen LogP contribution in [0.2, 0.25) is 0 Å². The number of aromatic amines is 1.